The Morgan fingerprint density at radius 2 is 2.38 bits per heavy atom. The molecule has 0 spiro atoms. The second-order valence-corrected chi connectivity index (χ2v) is 5.13. The minimum absolute atomic E-state index is 0.227. The smallest absolute Gasteiger partial charge is 0.166 e. The highest BCUT2D eigenvalue weighted by Crippen LogP contribution is 2.27. The molecule has 1 unspecified atom stereocenters. The van der Waals surface area contributed by atoms with Gasteiger partial charge in [-0.2, -0.15) is 0 Å². The van der Waals surface area contributed by atoms with Crippen molar-refractivity contribution in [2.45, 2.75) is 38.6 Å². The summed E-state index contributed by atoms with van der Waals surface area (Å²) in [5, 5.41) is 0. The zero-order valence-corrected chi connectivity index (χ0v) is 11.0. The van der Waals surface area contributed by atoms with E-state index in [2.05, 4.69) is 32.7 Å². The first kappa shape index (κ1) is 11.8. The van der Waals surface area contributed by atoms with Crippen molar-refractivity contribution >= 4 is 21.7 Å². The third-order valence-corrected chi connectivity index (χ3v) is 3.59. The van der Waals surface area contributed by atoms with Gasteiger partial charge in [-0.15, -0.1) is 0 Å². The molecule has 88 valence electrons. The van der Waals surface area contributed by atoms with Crippen LogP contribution in [0.5, 0.6) is 0 Å². The third kappa shape index (κ3) is 2.37. The highest BCUT2D eigenvalue weighted by molar-refractivity contribution is 9.10. The van der Waals surface area contributed by atoms with E-state index < -0.39 is 0 Å². The number of aromatic nitrogens is 1. The van der Waals surface area contributed by atoms with Gasteiger partial charge in [-0.1, -0.05) is 6.92 Å². The third-order valence-electron chi connectivity index (χ3n) is 3.16. The monoisotopic (exact) mass is 286 g/mol. The van der Waals surface area contributed by atoms with Gasteiger partial charge in [0, 0.05) is 23.3 Å². The molecule has 0 N–H and O–H groups in total. The predicted molar refractivity (Wildman–Crippen MR) is 67.2 cm³/mol. The first-order chi connectivity index (χ1) is 7.72. The van der Waals surface area contributed by atoms with E-state index in [1.54, 1.807) is 6.20 Å². The molecule has 1 aromatic rings. The first-order valence-electron chi connectivity index (χ1n) is 5.80. The quantitative estimate of drug-likeness (QED) is 0.823. The summed E-state index contributed by atoms with van der Waals surface area (Å²) < 4.78 is 14.5. The Balaban J connectivity index is 2.27. The molecule has 1 aromatic heterocycles. The van der Waals surface area contributed by atoms with E-state index in [-0.39, 0.29) is 5.82 Å². The van der Waals surface area contributed by atoms with Gasteiger partial charge >= 0.3 is 0 Å². The molecular weight excluding hydrogens is 271 g/mol. The van der Waals surface area contributed by atoms with E-state index >= 15 is 0 Å². The summed E-state index contributed by atoms with van der Waals surface area (Å²) in [6.45, 7) is 3.07. The molecule has 0 bridgehead atoms. The molecule has 2 heterocycles. The molecule has 0 saturated carbocycles. The molecule has 1 fully saturated rings. The number of piperidine rings is 1. The Morgan fingerprint density at radius 3 is 3.06 bits per heavy atom. The summed E-state index contributed by atoms with van der Waals surface area (Å²) in [6, 6.07) is 1.93. The van der Waals surface area contributed by atoms with E-state index in [0.29, 0.717) is 16.3 Å². The molecule has 0 amide bonds. The zero-order chi connectivity index (χ0) is 11.5. The fourth-order valence-corrected chi connectivity index (χ4v) is 2.63. The van der Waals surface area contributed by atoms with Crippen molar-refractivity contribution in [1.29, 1.82) is 0 Å². The molecule has 2 rings (SSSR count). The lowest BCUT2D eigenvalue weighted by Gasteiger charge is -2.36. The van der Waals surface area contributed by atoms with Crippen LogP contribution in [0.15, 0.2) is 16.7 Å². The average molecular weight is 287 g/mol. The Hall–Kier alpha value is -0.640. The molecule has 4 heteroatoms. The van der Waals surface area contributed by atoms with Crippen LogP contribution in [-0.2, 0) is 0 Å². The van der Waals surface area contributed by atoms with Gasteiger partial charge in [0.15, 0.2) is 11.6 Å². The van der Waals surface area contributed by atoms with Crippen LogP contribution in [0.1, 0.15) is 32.6 Å². The van der Waals surface area contributed by atoms with E-state index in [4.69, 9.17) is 0 Å². The maximum Gasteiger partial charge on any atom is 0.166 e. The fraction of sp³-hybridized carbons (Fsp3) is 0.583. The molecule has 1 atom stereocenters. The molecule has 16 heavy (non-hydrogen) atoms. The summed E-state index contributed by atoms with van der Waals surface area (Å²) >= 11 is 3.23. The highest BCUT2D eigenvalue weighted by atomic mass is 79.9. The van der Waals surface area contributed by atoms with Crippen LogP contribution in [0.2, 0.25) is 0 Å². The van der Waals surface area contributed by atoms with E-state index in [0.717, 1.165) is 25.8 Å². The van der Waals surface area contributed by atoms with Crippen molar-refractivity contribution in [2.24, 2.45) is 0 Å². The molecule has 1 aliphatic rings. The standard InChI is InChI=1S/C12H16BrFN2/c1-2-10-5-3-4-6-16(10)12-11(14)7-9(13)8-15-12/h7-8,10H,2-6H2,1H3. The molecule has 0 aromatic carbocycles. The van der Waals surface area contributed by atoms with E-state index in [9.17, 15) is 4.39 Å². The van der Waals surface area contributed by atoms with E-state index in [1.807, 2.05) is 0 Å². The molecular formula is C12H16BrFN2. The van der Waals surface area contributed by atoms with Crippen molar-refractivity contribution in [3.05, 3.63) is 22.6 Å². The van der Waals surface area contributed by atoms with Crippen LogP contribution in [0.4, 0.5) is 10.2 Å². The molecule has 0 aliphatic carbocycles. The number of anilines is 1. The van der Waals surface area contributed by atoms with Crippen LogP contribution in [0, 0.1) is 5.82 Å². The lowest BCUT2D eigenvalue weighted by atomic mass is 10.00. The number of rotatable bonds is 2. The van der Waals surface area contributed by atoms with Crippen LogP contribution >= 0.6 is 15.9 Å². The van der Waals surface area contributed by atoms with Crippen LogP contribution < -0.4 is 4.90 Å². The fourth-order valence-electron chi connectivity index (χ4n) is 2.32. The van der Waals surface area contributed by atoms with Crippen molar-refractivity contribution in [2.75, 3.05) is 11.4 Å². The number of pyridine rings is 1. The maximum absolute atomic E-state index is 13.8. The Kier molecular flexibility index (Phi) is 3.79. The Labute approximate surface area is 104 Å². The summed E-state index contributed by atoms with van der Waals surface area (Å²) in [5.74, 6) is 0.282. The topological polar surface area (TPSA) is 16.1 Å². The Morgan fingerprint density at radius 1 is 1.56 bits per heavy atom. The second kappa shape index (κ2) is 5.13. The maximum atomic E-state index is 13.8. The van der Waals surface area contributed by atoms with Crippen molar-refractivity contribution in [3.8, 4) is 0 Å². The number of hydrogen-bond acceptors (Lipinski definition) is 2. The predicted octanol–water partition coefficient (Wildman–Crippen LogP) is 3.75. The largest absolute Gasteiger partial charge is 0.351 e. The summed E-state index contributed by atoms with van der Waals surface area (Å²) in [7, 11) is 0. The number of hydrogen-bond donors (Lipinski definition) is 0. The van der Waals surface area contributed by atoms with Gasteiger partial charge in [-0.25, -0.2) is 9.37 Å². The van der Waals surface area contributed by atoms with Crippen molar-refractivity contribution in [1.82, 2.24) is 4.98 Å². The highest BCUT2D eigenvalue weighted by Gasteiger charge is 2.24. The molecule has 2 nitrogen and oxygen atoms in total. The average Bonchev–Trinajstić information content (AvgIpc) is 2.29. The van der Waals surface area contributed by atoms with Gasteiger partial charge in [0.25, 0.3) is 0 Å². The lowest BCUT2D eigenvalue weighted by molar-refractivity contribution is 0.439. The molecule has 1 aliphatic heterocycles. The van der Waals surface area contributed by atoms with Crippen molar-refractivity contribution < 1.29 is 4.39 Å². The van der Waals surface area contributed by atoms with Gasteiger partial charge < -0.3 is 4.90 Å². The number of nitrogens with zero attached hydrogens (tertiary/aromatic N) is 2. The molecule has 0 radical (unpaired) electrons. The van der Waals surface area contributed by atoms with Crippen molar-refractivity contribution in [3.63, 3.8) is 0 Å². The summed E-state index contributed by atoms with van der Waals surface area (Å²) in [4.78, 5) is 6.32. The summed E-state index contributed by atoms with van der Waals surface area (Å²) in [6.07, 6.45) is 6.24. The van der Waals surface area contributed by atoms with E-state index in [1.165, 1.54) is 12.5 Å². The van der Waals surface area contributed by atoms with Gasteiger partial charge in [-0.05, 0) is 47.7 Å². The van der Waals surface area contributed by atoms with Gasteiger partial charge in [0.05, 0.1) is 0 Å². The summed E-state index contributed by atoms with van der Waals surface area (Å²) in [5.41, 5.74) is 0. The normalized spacial score (nSPS) is 21.2. The zero-order valence-electron chi connectivity index (χ0n) is 9.42. The SMILES string of the molecule is CCC1CCCCN1c1ncc(Br)cc1F. The number of halogens is 2. The lowest BCUT2D eigenvalue weighted by Crippen LogP contribution is -2.40. The van der Waals surface area contributed by atoms with Crippen LogP contribution in [0.3, 0.4) is 0 Å². The van der Waals surface area contributed by atoms with Crippen LogP contribution in [-0.4, -0.2) is 17.6 Å². The first-order valence-corrected chi connectivity index (χ1v) is 6.59. The minimum atomic E-state index is -0.227. The van der Waals surface area contributed by atoms with Gasteiger partial charge in [0.2, 0.25) is 0 Å². The minimum Gasteiger partial charge on any atom is -0.351 e. The van der Waals surface area contributed by atoms with Gasteiger partial charge in [0.1, 0.15) is 0 Å². The molecule has 1 saturated heterocycles. The van der Waals surface area contributed by atoms with Gasteiger partial charge in [-0.3, -0.25) is 0 Å². The second-order valence-electron chi connectivity index (χ2n) is 4.21. The van der Waals surface area contributed by atoms with Crippen LogP contribution in [0.25, 0.3) is 0 Å². The Bertz CT molecular complexity index is 370.